The first-order chi connectivity index (χ1) is 17.1. The number of benzene rings is 2. The first kappa shape index (κ1) is 27.3. The van der Waals surface area contributed by atoms with Crippen molar-refractivity contribution >= 4 is 27.5 Å². The molecule has 9 nitrogen and oxygen atoms in total. The summed E-state index contributed by atoms with van der Waals surface area (Å²) in [5.74, 6) is -0.0252. The molecular formula is C26H35N3O6S. The van der Waals surface area contributed by atoms with Crippen LogP contribution in [0.15, 0.2) is 48.5 Å². The highest BCUT2D eigenvalue weighted by Crippen LogP contribution is 2.33. The van der Waals surface area contributed by atoms with Crippen LogP contribution in [0.3, 0.4) is 0 Å². The first-order valence-corrected chi connectivity index (χ1v) is 13.8. The molecule has 1 aliphatic rings. The number of ether oxygens (including phenoxy) is 2. The summed E-state index contributed by atoms with van der Waals surface area (Å²) in [5.41, 5.74) is 1.04. The van der Waals surface area contributed by atoms with Crippen LogP contribution >= 0.6 is 0 Å². The highest BCUT2D eigenvalue weighted by Gasteiger charge is 2.32. The molecule has 1 fully saturated rings. The van der Waals surface area contributed by atoms with E-state index in [0.717, 1.165) is 41.8 Å². The van der Waals surface area contributed by atoms with Gasteiger partial charge in [0.05, 0.1) is 26.2 Å². The molecule has 1 N–H and O–H groups in total. The van der Waals surface area contributed by atoms with Crippen LogP contribution in [0, 0.1) is 0 Å². The number of hydrogen-bond acceptors (Lipinski definition) is 6. The monoisotopic (exact) mass is 517 g/mol. The zero-order valence-corrected chi connectivity index (χ0v) is 22.1. The Morgan fingerprint density at radius 2 is 1.72 bits per heavy atom. The number of nitrogens with one attached hydrogen (secondary N) is 1. The third-order valence-corrected chi connectivity index (χ3v) is 7.53. The van der Waals surface area contributed by atoms with Gasteiger partial charge in [-0.3, -0.25) is 13.9 Å². The van der Waals surface area contributed by atoms with Gasteiger partial charge in [-0.15, -0.1) is 0 Å². The number of carbonyl (C=O) groups is 2. The van der Waals surface area contributed by atoms with Gasteiger partial charge in [0.1, 0.15) is 24.1 Å². The van der Waals surface area contributed by atoms with Gasteiger partial charge in [0, 0.05) is 18.7 Å². The van der Waals surface area contributed by atoms with E-state index < -0.39 is 28.5 Å². The molecule has 1 atom stereocenters. The normalized spacial score (nSPS) is 14.7. The van der Waals surface area contributed by atoms with Crippen molar-refractivity contribution in [2.24, 2.45) is 0 Å². The van der Waals surface area contributed by atoms with E-state index in [9.17, 15) is 18.0 Å². The van der Waals surface area contributed by atoms with E-state index in [1.165, 1.54) is 25.2 Å². The fourth-order valence-corrected chi connectivity index (χ4v) is 5.19. The molecule has 36 heavy (non-hydrogen) atoms. The molecule has 10 heteroatoms. The average Bonchev–Trinajstić information content (AvgIpc) is 3.38. The lowest BCUT2D eigenvalue weighted by atomic mass is 10.1. The van der Waals surface area contributed by atoms with Gasteiger partial charge in [-0.25, -0.2) is 8.42 Å². The Kier molecular flexibility index (Phi) is 9.19. The molecule has 1 saturated carbocycles. The fourth-order valence-electron chi connectivity index (χ4n) is 4.34. The van der Waals surface area contributed by atoms with Gasteiger partial charge in [0.15, 0.2) is 0 Å². The van der Waals surface area contributed by atoms with Crippen molar-refractivity contribution in [3.05, 3.63) is 54.1 Å². The second-order valence-electron chi connectivity index (χ2n) is 8.98. The maximum atomic E-state index is 13.7. The number of carbonyl (C=O) groups excluding carboxylic acids is 2. The van der Waals surface area contributed by atoms with E-state index in [1.54, 1.807) is 19.1 Å². The largest absolute Gasteiger partial charge is 0.497 e. The number of amides is 2. The molecule has 0 bridgehead atoms. The van der Waals surface area contributed by atoms with E-state index in [0.29, 0.717) is 5.75 Å². The molecule has 0 spiro atoms. The highest BCUT2D eigenvalue weighted by atomic mass is 32.2. The SMILES string of the molecule is COc1ccc(N(CC(=O)N(Cc2ccccc2)[C@@H](C)C(=O)NC2CCCC2)S(C)(=O)=O)c(OC)c1. The zero-order valence-electron chi connectivity index (χ0n) is 21.3. The average molecular weight is 518 g/mol. The predicted octanol–water partition coefficient (Wildman–Crippen LogP) is 2.95. The Hall–Kier alpha value is -3.27. The van der Waals surface area contributed by atoms with Crippen LogP contribution in [0.4, 0.5) is 5.69 Å². The quantitative estimate of drug-likeness (QED) is 0.491. The maximum Gasteiger partial charge on any atom is 0.244 e. The molecule has 0 radical (unpaired) electrons. The van der Waals surface area contributed by atoms with Crippen molar-refractivity contribution in [3.8, 4) is 11.5 Å². The van der Waals surface area contributed by atoms with Crippen LogP contribution in [-0.4, -0.2) is 64.2 Å². The van der Waals surface area contributed by atoms with Crippen molar-refractivity contribution in [2.45, 2.75) is 51.2 Å². The minimum absolute atomic E-state index is 0.102. The van der Waals surface area contributed by atoms with Gasteiger partial charge in [-0.05, 0) is 37.5 Å². The predicted molar refractivity (Wildman–Crippen MR) is 139 cm³/mol. The Labute approximate surface area is 213 Å². The smallest absolute Gasteiger partial charge is 0.244 e. The summed E-state index contributed by atoms with van der Waals surface area (Å²) in [6, 6.07) is 13.3. The lowest BCUT2D eigenvalue weighted by molar-refractivity contribution is -0.139. The first-order valence-electron chi connectivity index (χ1n) is 12.0. The van der Waals surface area contributed by atoms with E-state index in [1.807, 2.05) is 30.3 Å². The summed E-state index contributed by atoms with van der Waals surface area (Å²) in [7, 11) is -0.965. The molecule has 0 unspecified atom stereocenters. The molecule has 0 aromatic heterocycles. The highest BCUT2D eigenvalue weighted by molar-refractivity contribution is 7.92. The Bertz CT molecular complexity index is 1150. The Morgan fingerprint density at radius 1 is 1.06 bits per heavy atom. The fraction of sp³-hybridized carbons (Fsp3) is 0.462. The summed E-state index contributed by atoms with van der Waals surface area (Å²) < 4.78 is 37.2. The Morgan fingerprint density at radius 3 is 2.31 bits per heavy atom. The molecule has 3 rings (SSSR count). The summed E-state index contributed by atoms with van der Waals surface area (Å²) >= 11 is 0. The second-order valence-corrected chi connectivity index (χ2v) is 10.9. The number of anilines is 1. The number of rotatable bonds is 11. The van der Waals surface area contributed by atoms with Crippen molar-refractivity contribution in [3.63, 3.8) is 0 Å². The Balaban J connectivity index is 1.91. The summed E-state index contributed by atoms with van der Waals surface area (Å²) in [6.07, 6.45) is 5.01. The standard InChI is InChI=1S/C26H35N3O6S/c1-19(26(31)27-21-12-8-9-13-21)28(17-20-10-6-5-7-11-20)25(30)18-29(36(4,32)33)23-15-14-22(34-2)16-24(23)35-3/h5-7,10-11,14-16,19,21H,8-9,12-13,17-18H2,1-4H3,(H,27,31)/t19-/m0/s1. The molecule has 1 aliphatic carbocycles. The lowest BCUT2D eigenvalue weighted by Gasteiger charge is -2.32. The van der Waals surface area contributed by atoms with Crippen LogP contribution < -0.4 is 19.1 Å². The van der Waals surface area contributed by atoms with E-state index >= 15 is 0 Å². The van der Waals surface area contributed by atoms with Crippen LogP contribution in [0.2, 0.25) is 0 Å². The number of sulfonamides is 1. The molecule has 0 saturated heterocycles. The minimum atomic E-state index is -3.87. The third-order valence-electron chi connectivity index (χ3n) is 6.40. The maximum absolute atomic E-state index is 13.7. The second kappa shape index (κ2) is 12.1. The van der Waals surface area contributed by atoms with Crippen LogP contribution in [0.1, 0.15) is 38.2 Å². The van der Waals surface area contributed by atoms with Crippen LogP contribution in [0.25, 0.3) is 0 Å². The minimum Gasteiger partial charge on any atom is -0.497 e. The number of methoxy groups -OCH3 is 2. The van der Waals surface area contributed by atoms with Crippen LogP contribution in [-0.2, 0) is 26.2 Å². The van der Waals surface area contributed by atoms with Gasteiger partial charge in [0.2, 0.25) is 21.8 Å². The van der Waals surface area contributed by atoms with Gasteiger partial charge >= 0.3 is 0 Å². The van der Waals surface area contributed by atoms with E-state index in [-0.39, 0.29) is 29.9 Å². The van der Waals surface area contributed by atoms with Crippen LogP contribution in [0.5, 0.6) is 11.5 Å². The molecule has 196 valence electrons. The van der Waals surface area contributed by atoms with Crippen molar-refractivity contribution < 1.29 is 27.5 Å². The molecule has 2 amide bonds. The third kappa shape index (κ3) is 6.90. The van der Waals surface area contributed by atoms with E-state index in [4.69, 9.17) is 9.47 Å². The molecule has 0 aliphatic heterocycles. The zero-order chi connectivity index (χ0) is 26.3. The number of nitrogens with zero attached hydrogens (tertiary/aromatic N) is 2. The van der Waals surface area contributed by atoms with Gasteiger partial charge in [0.25, 0.3) is 0 Å². The lowest BCUT2D eigenvalue weighted by Crippen LogP contribution is -2.52. The molecular weight excluding hydrogens is 482 g/mol. The summed E-state index contributed by atoms with van der Waals surface area (Å²) in [4.78, 5) is 28.2. The van der Waals surface area contributed by atoms with E-state index in [2.05, 4.69) is 5.32 Å². The molecule has 2 aromatic rings. The van der Waals surface area contributed by atoms with Crippen molar-refractivity contribution in [2.75, 3.05) is 31.3 Å². The van der Waals surface area contributed by atoms with Crippen molar-refractivity contribution in [1.29, 1.82) is 0 Å². The van der Waals surface area contributed by atoms with Gasteiger partial charge < -0.3 is 19.7 Å². The number of hydrogen-bond donors (Lipinski definition) is 1. The summed E-state index contributed by atoms with van der Waals surface area (Å²) in [5, 5.41) is 3.05. The molecule has 0 heterocycles. The van der Waals surface area contributed by atoms with Gasteiger partial charge in [-0.2, -0.15) is 0 Å². The summed E-state index contributed by atoms with van der Waals surface area (Å²) in [6.45, 7) is 1.34. The van der Waals surface area contributed by atoms with Gasteiger partial charge in [-0.1, -0.05) is 43.2 Å². The van der Waals surface area contributed by atoms with Crippen molar-refractivity contribution in [1.82, 2.24) is 10.2 Å². The molecule has 2 aromatic carbocycles. The topological polar surface area (TPSA) is 105 Å².